The Balaban J connectivity index is 0. The first-order chi connectivity index (χ1) is 3.27. The Morgan fingerprint density at radius 2 is 2.38 bits per heavy atom. The fourth-order valence-corrected chi connectivity index (χ4v) is 0.270. The van der Waals surface area contributed by atoms with E-state index in [4.69, 9.17) is 0 Å². The third-order valence-corrected chi connectivity index (χ3v) is 0.593. The predicted octanol–water partition coefficient (Wildman–Crippen LogP) is 0.0301. The molecule has 0 aliphatic heterocycles. The van der Waals surface area contributed by atoms with E-state index in [2.05, 4.69) is 10.9 Å². The largest absolute Gasteiger partial charge is 0.566 e. The number of terminal acetylenes is 1. The van der Waals surface area contributed by atoms with Crippen molar-refractivity contribution in [2.45, 2.75) is 0 Å². The lowest BCUT2D eigenvalue weighted by molar-refractivity contribution is -0.184. The second-order valence-electron chi connectivity index (χ2n) is 0.701. The molecular formula is C3H7NO3P+. The summed E-state index contributed by atoms with van der Waals surface area (Å²) in [5, 5.41) is 0. The van der Waals surface area contributed by atoms with Gasteiger partial charge in [-0.05, 0) is 4.57 Å². The molecule has 0 amide bonds. The van der Waals surface area contributed by atoms with Gasteiger partial charge in [0.15, 0.2) is 6.61 Å². The second-order valence-corrected chi connectivity index (χ2v) is 1.41. The van der Waals surface area contributed by atoms with Gasteiger partial charge in [0.05, 0.1) is 0 Å². The van der Waals surface area contributed by atoms with Crippen LogP contribution in [-0.2, 0) is 9.09 Å². The zero-order chi connectivity index (χ0) is 5.70. The summed E-state index contributed by atoms with van der Waals surface area (Å²) in [6.45, 7) is -0.168. The minimum atomic E-state index is -2.75. The van der Waals surface area contributed by atoms with E-state index >= 15 is 0 Å². The molecule has 0 rings (SSSR count). The minimum absolute atomic E-state index is 0. The SMILES string of the molecule is C#CCO[P+](=O)[O-].[NH4+]. The summed E-state index contributed by atoms with van der Waals surface area (Å²) in [6, 6.07) is 0. The Bertz CT molecular complexity index is 108. The molecule has 0 aliphatic carbocycles. The first-order valence-corrected chi connectivity index (χ1v) is 2.57. The minimum Gasteiger partial charge on any atom is -0.566 e. The quantitative estimate of drug-likeness (QED) is 0.429. The van der Waals surface area contributed by atoms with Crippen LogP contribution < -0.4 is 11.0 Å². The van der Waals surface area contributed by atoms with Gasteiger partial charge in [0, 0.05) is 0 Å². The van der Waals surface area contributed by atoms with E-state index in [9.17, 15) is 9.46 Å². The lowest BCUT2D eigenvalue weighted by Crippen LogP contribution is -1.90. The van der Waals surface area contributed by atoms with Crippen molar-refractivity contribution in [3.63, 3.8) is 0 Å². The van der Waals surface area contributed by atoms with Gasteiger partial charge >= 0.3 is 8.25 Å². The van der Waals surface area contributed by atoms with Crippen molar-refractivity contribution in [2.24, 2.45) is 0 Å². The molecule has 0 saturated heterocycles. The van der Waals surface area contributed by atoms with Gasteiger partial charge in [-0.3, -0.25) is 0 Å². The highest BCUT2D eigenvalue weighted by molar-refractivity contribution is 7.30. The third-order valence-electron chi connectivity index (χ3n) is 0.253. The zero-order valence-corrected chi connectivity index (χ0v) is 5.35. The van der Waals surface area contributed by atoms with Crippen LogP contribution in [0.2, 0.25) is 0 Å². The Hall–Kier alpha value is -0.460. The van der Waals surface area contributed by atoms with Gasteiger partial charge in [-0.2, -0.15) is 0 Å². The topological polar surface area (TPSA) is 85.9 Å². The van der Waals surface area contributed by atoms with Crippen LogP contribution in [0.4, 0.5) is 0 Å². The fourth-order valence-electron chi connectivity index (χ4n) is 0.0900. The highest BCUT2D eigenvalue weighted by Crippen LogP contribution is 2.05. The smallest absolute Gasteiger partial charge is 0.489 e. The molecule has 8 heavy (non-hydrogen) atoms. The molecule has 1 atom stereocenters. The van der Waals surface area contributed by atoms with Crippen molar-refractivity contribution < 1.29 is 14.0 Å². The predicted molar refractivity (Wildman–Crippen MR) is 28.4 cm³/mol. The zero-order valence-electron chi connectivity index (χ0n) is 4.46. The molecule has 0 aromatic heterocycles. The molecule has 4 nitrogen and oxygen atoms in total. The highest BCUT2D eigenvalue weighted by atomic mass is 31.1. The van der Waals surface area contributed by atoms with Crippen molar-refractivity contribution in [3.05, 3.63) is 0 Å². The Kier molecular flexibility index (Phi) is 8.59. The number of rotatable bonds is 2. The summed E-state index contributed by atoms with van der Waals surface area (Å²) < 4.78 is 13.4. The van der Waals surface area contributed by atoms with Gasteiger partial charge in [-0.1, -0.05) is 5.92 Å². The van der Waals surface area contributed by atoms with Crippen LogP contribution in [-0.4, -0.2) is 6.61 Å². The van der Waals surface area contributed by atoms with Crippen LogP contribution in [0.1, 0.15) is 0 Å². The maximum atomic E-state index is 9.48. The van der Waals surface area contributed by atoms with E-state index in [0.29, 0.717) is 0 Å². The van der Waals surface area contributed by atoms with Crippen LogP contribution in [0, 0.1) is 12.3 Å². The molecule has 0 aromatic carbocycles. The van der Waals surface area contributed by atoms with Crippen molar-refractivity contribution in [3.8, 4) is 12.3 Å². The van der Waals surface area contributed by atoms with Crippen molar-refractivity contribution in [1.82, 2.24) is 6.15 Å². The standard InChI is InChI=1S/C3H3O3P.H3N/c1-2-3-6-7(4)5;/h1H,3H2;1H3/p+1. The van der Waals surface area contributed by atoms with Crippen molar-refractivity contribution >= 4 is 8.25 Å². The van der Waals surface area contributed by atoms with Crippen molar-refractivity contribution in [1.29, 1.82) is 0 Å². The summed E-state index contributed by atoms with van der Waals surface area (Å²) in [7, 11) is -2.75. The van der Waals surface area contributed by atoms with E-state index in [-0.39, 0.29) is 12.8 Å². The summed E-state index contributed by atoms with van der Waals surface area (Å²) in [5.74, 6) is 1.99. The van der Waals surface area contributed by atoms with Gasteiger partial charge < -0.3 is 11.0 Å². The van der Waals surface area contributed by atoms with E-state index in [1.54, 1.807) is 0 Å². The Morgan fingerprint density at radius 1 is 1.88 bits per heavy atom. The molecule has 1 unspecified atom stereocenters. The summed E-state index contributed by atoms with van der Waals surface area (Å²) >= 11 is 0. The van der Waals surface area contributed by atoms with Gasteiger partial charge in [0.25, 0.3) is 0 Å². The van der Waals surface area contributed by atoms with Crippen LogP contribution in [0.3, 0.4) is 0 Å². The summed E-state index contributed by atoms with van der Waals surface area (Å²) in [6.07, 6.45) is 4.63. The molecule has 0 bridgehead atoms. The Morgan fingerprint density at radius 3 is 2.50 bits per heavy atom. The molecular weight excluding hydrogens is 129 g/mol. The molecule has 4 N–H and O–H groups in total. The molecule has 0 fully saturated rings. The van der Waals surface area contributed by atoms with E-state index in [1.165, 1.54) is 0 Å². The first kappa shape index (κ1) is 10.5. The molecule has 0 aliphatic rings. The molecule has 5 heteroatoms. The summed E-state index contributed by atoms with van der Waals surface area (Å²) in [4.78, 5) is 9.48. The average Bonchev–Trinajstić information content (AvgIpc) is 1.61. The second kappa shape index (κ2) is 6.54. The maximum Gasteiger partial charge on any atom is 0.489 e. The molecule has 0 saturated carbocycles. The molecule has 0 radical (unpaired) electrons. The Labute approximate surface area is 48.4 Å². The normalized spacial score (nSPS) is 8.75. The molecule has 0 heterocycles. The van der Waals surface area contributed by atoms with Crippen LogP contribution in [0.25, 0.3) is 0 Å². The van der Waals surface area contributed by atoms with E-state index < -0.39 is 8.25 Å². The van der Waals surface area contributed by atoms with E-state index in [1.807, 2.05) is 5.92 Å². The first-order valence-electron chi connectivity index (χ1n) is 1.48. The van der Waals surface area contributed by atoms with Gasteiger partial charge in [-0.15, -0.1) is 10.9 Å². The lowest BCUT2D eigenvalue weighted by Gasteiger charge is -1.78. The fraction of sp³-hybridized carbons (Fsp3) is 0.333. The van der Waals surface area contributed by atoms with Crippen LogP contribution in [0.5, 0.6) is 0 Å². The molecule has 0 spiro atoms. The lowest BCUT2D eigenvalue weighted by atomic mass is 10.8. The summed E-state index contributed by atoms with van der Waals surface area (Å²) in [5.41, 5.74) is 0. The maximum absolute atomic E-state index is 9.48. The van der Waals surface area contributed by atoms with Gasteiger partial charge in [0.1, 0.15) is 0 Å². The number of hydrogen-bond donors (Lipinski definition) is 1. The highest BCUT2D eigenvalue weighted by Gasteiger charge is 1.94. The van der Waals surface area contributed by atoms with Crippen LogP contribution >= 0.6 is 8.25 Å². The number of hydrogen-bond acceptors (Lipinski definition) is 3. The average molecular weight is 136 g/mol. The third kappa shape index (κ3) is 9.11. The van der Waals surface area contributed by atoms with Gasteiger partial charge in [0.2, 0.25) is 0 Å². The van der Waals surface area contributed by atoms with E-state index in [0.717, 1.165) is 0 Å². The molecule has 0 aromatic rings. The number of quaternary nitrogens is 1. The molecule has 46 valence electrons. The van der Waals surface area contributed by atoms with Gasteiger partial charge in [-0.25, -0.2) is 0 Å². The van der Waals surface area contributed by atoms with Crippen LogP contribution in [0.15, 0.2) is 0 Å². The van der Waals surface area contributed by atoms with Crippen molar-refractivity contribution in [2.75, 3.05) is 6.61 Å². The monoisotopic (exact) mass is 136 g/mol.